The molecule has 0 fully saturated rings. The molecule has 7 nitrogen and oxygen atoms in total. The largest absolute Gasteiger partial charge is 0.492 e. The van der Waals surface area contributed by atoms with Gasteiger partial charge in [0, 0.05) is 13.1 Å². The zero-order chi connectivity index (χ0) is 16.8. The summed E-state index contributed by atoms with van der Waals surface area (Å²) in [6.07, 6.45) is 0. The molecule has 2 rings (SSSR count). The second-order valence-corrected chi connectivity index (χ2v) is 5.60. The Morgan fingerprint density at radius 1 is 1.17 bits per heavy atom. The maximum Gasteiger partial charge on any atom is 0.322 e. The van der Waals surface area contributed by atoms with Crippen LogP contribution in [0.4, 0.5) is 0 Å². The summed E-state index contributed by atoms with van der Waals surface area (Å²) >= 11 is 0. The smallest absolute Gasteiger partial charge is 0.322 e. The van der Waals surface area contributed by atoms with E-state index in [1.54, 1.807) is 0 Å². The number of hydrogen-bond donors (Lipinski definition) is 1. The number of benzene rings is 1. The van der Waals surface area contributed by atoms with Crippen molar-refractivity contribution in [2.24, 2.45) is 5.73 Å². The molecule has 0 bridgehead atoms. The van der Waals surface area contributed by atoms with Gasteiger partial charge in [0.1, 0.15) is 18.1 Å². The molecule has 2 N–H and O–H groups in total. The molecule has 0 aliphatic rings. The molecule has 7 heteroatoms. The van der Waals surface area contributed by atoms with Gasteiger partial charge in [-0.2, -0.15) is 0 Å². The molecule has 0 spiro atoms. The average Bonchev–Trinajstić information content (AvgIpc) is 2.91. The third-order valence-corrected chi connectivity index (χ3v) is 3.31. The molecule has 23 heavy (non-hydrogen) atoms. The van der Waals surface area contributed by atoms with Crippen molar-refractivity contribution < 1.29 is 9.47 Å². The van der Waals surface area contributed by atoms with Crippen LogP contribution in [0.15, 0.2) is 24.3 Å². The van der Waals surface area contributed by atoms with Crippen molar-refractivity contribution in [3.8, 4) is 17.5 Å². The second kappa shape index (κ2) is 7.94. The molecule has 0 aliphatic heterocycles. The first-order valence-corrected chi connectivity index (χ1v) is 7.75. The summed E-state index contributed by atoms with van der Waals surface area (Å²) in [4.78, 5) is 2.07. The number of likely N-dealkylation sites (N-methyl/N-ethyl adjacent to an activating group) is 1. The summed E-state index contributed by atoms with van der Waals surface area (Å²) in [7, 11) is 4.03. The minimum atomic E-state index is -0.188. The van der Waals surface area contributed by atoms with Gasteiger partial charge in [-0.3, -0.25) is 4.57 Å². The van der Waals surface area contributed by atoms with Gasteiger partial charge in [0.2, 0.25) is 0 Å². The normalized spacial score (nSPS) is 12.4. The summed E-state index contributed by atoms with van der Waals surface area (Å²) in [5.41, 5.74) is 5.89. The molecule has 1 atom stereocenters. The highest BCUT2D eigenvalue weighted by Crippen LogP contribution is 2.24. The van der Waals surface area contributed by atoms with Crippen LogP contribution < -0.4 is 15.2 Å². The van der Waals surface area contributed by atoms with Crippen LogP contribution in [0, 0.1) is 0 Å². The standard InChI is InChI=1S/C16H25N5O2/c1-5-21-15(12(2)17)18-19-16(21)23-14-8-6-13(7-9-14)22-11-10-20(3)4/h6-9,12H,5,10-11,17H2,1-4H3/t12-/m1/s1. The van der Waals surface area contributed by atoms with Crippen molar-refractivity contribution in [3.63, 3.8) is 0 Å². The van der Waals surface area contributed by atoms with E-state index in [0.717, 1.165) is 12.3 Å². The van der Waals surface area contributed by atoms with Crippen LogP contribution in [-0.4, -0.2) is 46.9 Å². The Morgan fingerprint density at radius 2 is 1.83 bits per heavy atom. The lowest BCUT2D eigenvalue weighted by Crippen LogP contribution is -2.19. The lowest BCUT2D eigenvalue weighted by Gasteiger charge is -2.12. The second-order valence-electron chi connectivity index (χ2n) is 5.60. The highest BCUT2D eigenvalue weighted by Gasteiger charge is 2.15. The Labute approximate surface area is 137 Å². The molecule has 1 heterocycles. The quantitative estimate of drug-likeness (QED) is 0.802. The third kappa shape index (κ3) is 4.67. The van der Waals surface area contributed by atoms with Crippen LogP contribution >= 0.6 is 0 Å². The first kappa shape index (κ1) is 17.2. The van der Waals surface area contributed by atoms with Crippen molar-refractivity contribution in [2.45, 2.75) is 26.4 Å². The van der Waals surface area contributed by atoms with Crippen molar-refractivity contribution in [1.82, 2.24) is 19.7 Å². The zero-order valence-corrected chi connectivity index (χ0v) is 14.2. The van der Waals surface area contributed by atoms with Gasteiger partial charge in [0.25, 0.3) is 0 Å². The van der Waals surface area contributed by atoms with Gasteiger partial charge in [-0.05, 0) is 52.2 Å². The van der Waals surface area contributed by atoms with Gasteiger partial charge in [-0.25, -0.2) is 0 Å². The molecule has 0 unspecified atom stereocenters. The average molecular weight is 319 g/mol. The number of aromatic nitrogens is 3. The monoisotopic (exact) mass is 319 g/mol. The van der Waals surface area contributed by atoms with E-state index >= 15 is 0 Å². The summed E-state index contributed by atoms with van der Waals surface area (Å²) in [5, 5.41) is 8.16. The van der Waals surface area contributed by atoms with E-state index < -0.39 is 0 Å². The van der Waals surface area contributed by atoms with E-state index in [1.807, 2.05) is 56.8 Å². The predicted molar refractivity (Wildman–Crippen MR) is 88.9 cm³/mol. The van der Waals surface area contributed by atoms with Crippen LogP contribution in [0.2, 0.25) is 0 Å². The van der Waals surface area contributed by atoms with Crippen molar-refractivity contribution in [2.75, 3.05) is 27.2 Å². The molecule has 0 aliphatic carbocycles. The molecule has 0 saturated heterocycles. The zero-order valence-electron chi connectivity index (χ0n) is 14.2. The third-order valence-electron chi connectivity index (χ3n) is 3.31. The summed E-state index contributed by atoms with van der Waals surface area (Å²) in [6, 6.07) is 7.72. The highest BCUT2D eigenvalue weighted by molar-refractivity contribution is 5.32. The van der Waals surface area contributed by atoms with Crippen molar-refractivity contribution in [3.05, 3.63) is 30.1 Å². The maximum atomic E-state index is 5.89. The Hall–Kier alpha value is -2.12. The predicted octanol–water partition coefficient (Wildman–Crippen LogP) is 2.05. The molecular formula is C16H25N5O2. The van der Waals surface area contributed by atoms with Crippen LogP contribution in [-0.2, 0) is 6.54 Å². The molecular weight excluding hydrogens is 294 g/mol. The fourth-order valence-corrected chi connectivity index (χ4v) is 2.06. The fourth-order valence-electron chi connectivity index (χ4n) is 2.06. The van der Waals surface area contributed by atoms with Gasteiger partial charge >= 0.3 is 6.01 Å². The van der Waals surface area contributed by atoms with Gasteiger partial charge in [-0.1, -0.05) is 5.10 Å². The number of ether oxygens (including phenoxy) is 2. The molecule has 2 aromatic rings. The van der Waals surface area contributed by atoms with Crippen LogP contribution in [0.3, 0.4) is 0 Å². The van der Waals surface area contributed by atoms with Crippen LogP contribution in [0.5, 0.6) is 17.5 Å². The van der Waals surface area contributed by atoms with E-state index in [-0.39, 0.29) is 6.04 Å². The highest BCUT2D eigenvalue weighted by atomic mass is 16.5. The molecule has 0 radical (unpaired) electrons. The minimum Gasteiger partial charge on any atom is -0.492 e. The lowest BCUT2D eigenvalue weighted by molar-refractivity contribution is 0.261. The molecule has 0 saturated carbocycles. The fraction of sp³-hybridized carbons (Fsp3) is 0.500. The molecule has 1 aromatic carbocycles. The van der Waals surface area contributed by atoms with E-state index in [0.29, 0.717) is 30.7 Å². The molecule has 0 amide bonds. The van der Waals surface area contributed by atoms with Crippen molar-refractivity contribution >= 4 is 0 Å². The van der Waals surface area contributed by atoms with Gasteiger partial charge in [-0.15, -0.1) is 5.10 Å². The number of nitrogens with two attached hydrogens (primary N) is 1. The van der Waals surface area contributed by atoms with Crippen LogP contribution in [0.1, 0.15) is 25.7 Å². The van der Waals surface area contributed by atoms with Gasteiger partial charge in [0.05, 0.1) is 6.04 Å². The van der Waals surface area contributed by atoms with E-state index in [9.17, 15) is 0 Å². The SMILES string of the molecule is CCn1c(Oc2ccc(OCCN(C)C)cc2)nnc1[C@@H](C)N. The first-order chi connectivity index (χ1) is 11.0. The van der Waals surface area contributed by atoms with E-state index in [4.69, 9.17) is 15.2 Å². The Morgan fingerprint density at radius 3 is 2.39 bits per heavy atom. The topological polar surface area (TPSA) is 78.4 Å². The molecule has 126 valence electrons. The summed E-state index contributed by atoms with van der Waals surface area (Å²) in [6.45, 7) is 6.10. The van der Waals surface area contributed by atoms with Gasteiger partial charge < -0.3 is 20.1 Å². The Balaban J connectivity index is 2.01. The first-order valence-electron chi connectivity index (χ1n) is 7.75. The summed E-state index contributed by atoms with van der Waals surface area (Å²) in [5.74, 6) is 2.21. The maximum absolute atomic E-state index is 5.89. The van der Waals surface area contributed by atoms with Crippen LogP contribution in [0.25, 0.3) is 0 Å². The van der Waals surface area contributed by atoms with E-state index in [2.05, 4.69) is 15.1 Å². The Kier molecular flexibility index (Phi) is 5.95. The van der Waals surface area contributed by atoms with E-state index in [1.165, 1.54) is 0 Å². The lowest BCUT2D eigenvalue weighted by atomic mass is 10.3. The van der Waals surface area contributed by atoms with Gasteiger partial charge in [0.15, 0.2) is 5.82 Å². The number of rotatable bonds is 8. The minimum absolute atomic E-state index is 0.188. The van der Waals surface area contributed by atoms with Crippen molar-refractivity contribution in [1.29, 1.82) is 0 Å². The Bertz CT molecular complexity index is 607. The number of hydrogen-bond acceptors (Lipinski definition) is 6. The molecule has 1 aromatic heterocycles. The summed E-state index contributed by atoms with van der Waals surface area (Å²) < 4.78 is 13.3. The number of nitrogens with zero attached hydrogens (tertiary/aromatic N) is 4.